The first kappa shape index (κ1) is 9.43. The van der Waals surface area contributed by atoms with E-state index in [2.05, 4.69) is 11.8 Å². The van der Waals surface area contributed by atoms with Gasteiger partial charge in [-0.2, -0.15) is 0 Å². The van der Waals surface area contributed by atoms with Crippen LogP contribution in [0.1, 0.15) is 20.8 Å². The van der Waals surface area contributed by atoms with Crippen LogP contribution in [-0.4, -0.2) is 18.2 Å². The van der Waals surface area contributed by atoms with Crippen LogP contribution < -0.4 is 0 Å². The molecule has 1 radical (unpaired) electrons. The van der Waals surface area contributed by atoms with E-state index in [0.717, 1.165) is 0 Å². The summed E-state index contributed by atoms with van der Waals surface area (Å²) in [6.07, 6.45) is 0. The highest BCUT2D eigenvalue weighted by Gasteiger charge is 2.28. The highest BCUT2D eigenvalue weighted by Crippen LogP contribution is 2.09. The first-order chi connectivity index (χ1) is 4.54. The van der Waals surface area contributed by atoms with Gasteiger partial charge in [0.2, 0.25) is 0 Å². The number of carbonyl (C=O) groups is 1. The second-order valence-corrected chi connectivity index (χ2v) is 2.38. The van der Waals surface area contributed by atoms with E-state index in [9.17, 15) is 4.79 Å². The molecule has 0 aromatic rings. The minimum atomic E-state index is -0.921. The van der Waals surface area contributed by atoms with Crippen LogP contribution in [0.4, 0.5) is 0 Å². The van der Waals surface area contributed by atoms with E-state index in [1.54, 1.807) is 20.8 Å². The third kappa shape index (κ3) is 2.35. The molecular formula is C7H13O3. The molecule has 59 valence electrons. The maximum absolute atomic E-state index is 10.9. The van der Waals surface area contributed by atoms with Crippen LogP contribution in [0.15, 0.2) is 0 Å². The van der Waals surface area contributed by atoms with Crippen molar-refractivity contribution in [3.05, 3.63) is 7.11 Å². The van der Waals surface area contributed by atoms with Crippen LogP contribution in [0.25, 0.3) is 0 Å². The van der Waals surface area contributed by atoms with E-state index in [1.807, 2.05) is 0 Å². The van der Waals surface area contributed by atoms with Crippen LogP contribution >= 0.6 is 0 Å². The molecule has 0 aliphatic heterocycles. The van der Waals surface area contributed by atoms with Crippen molar-refractivity contribution < 1.29 is 14.3 Å². The van der Waals surface area contributed by atoms with Gasteiger partial charge in [0.25, 0.3) is 0 Å². The highest BCUT2D eigenvalue weighted by atomic mass is 16.6. The maximum atomic E-state index is 10.9. The summed E-state index contributed by atoms with van der Waals surface area (Å²) in [4.78, 5) is 10.9. The second kappa shape index (κ2) is 3.56. The smallest absolute Gasteiger partial charge is 0.337 e. The molecule has 0 bridgehead atoms. The Kier molecular flexibility index (Phi) is 3.36. The second-order valence-electron chi connectivity index (χ2n) is 2.38. The van der Waals surface area contributed by atoms with E-state index >= 15 is 0 Å². The largest absolute Gasteiger partial charge is 0.464 e. The van der Waals surface area contributed by atoms with Gasteiger partial charge < -0.3 is 9.47 Å². The first-order valence-corrected chi connectivity index (χ1v) is 3.15. The Morgan fingerprint density at radius 2 is 2.10 bits per heavy atom. The average Bonchev–Trinajstić information content (AvgIpc) is 1.89. The summed E-state index contributed by atoms with van der Waals surface area (Å²) in [5, 5.41) is 0. The molecule has 0 spiro atoms. The molecule has 0 heterocycles. The number of hydrogen-bond acceptors (Lipinski definition) is 3. The lowest BCUT2D eigenvalue weighted by Gasteiger charge is -2.19. The van der Waals surface area contributed by atoms with E-state index in [-0.39, 0.29) is 5.97 Å². The lowest BCUT2D eigenvalue weighted by atomic mass is 10.1. The van der Waals surface area contributed by atoms with Gasteiger partial charge in [-0.15, -0.1) is 0 Å². The molecule has 0 N–H and O–H groups in total. The molecule has 3 heteroatoms. The predicted molar refractivity (Wildman–Crippen MR) is 37.2 cm³/mol. The molecule has 0 rings (SSSR count). The van der Waals surface area contributed by atoms with Gasteiger partial charge in [-0.1, -0.05) is 0 Å². The van der Waals surface area contributed by atoms with Gasteiger partial charge in [-0.3, -0.25) is 0 Å². The van der Waals surface area contributed by atoms with Crippen LogP contribution in [0, 0.1) is 7.11 Å². The molecule has 0 aromatic heterocycles. The van der Waals surface area contributed by atoms with Crippen molar-refractivity contribution in [2.45, 2.75) is 26.4 Å². The van der Waals surface area contributed by atoms with Crippen molar-refractivity contribution in [1.82, 2.24) is 0 Å². The van der Waals surface area contributed by atoms with Crippen molar-refractivity contribution >= 4 is 5.97 Å². The molecule has 0 fully saturated rings. The quantitative estimate of drug-likeness (QED) is 0.558. The minimum Gasteiger partial charge on any atom is -0.464 e. The molecule has 3 nitrogen and oxygen atoms in total. The van der Waals surface area contributed by atoms with Crippen molar-refractivity contribution in [3.63, 3.8) is 0 Å². The van der Waals surface area contributed by atoms with Gasteiger partial charge in [0.15, 0.2) is 5.60 Å². The van der Waals surface area contributed by atoms with Gasteiger partial charge >= 0.3 is 5.97 Å². The summed E-state index contributed by atoms with van der Waals surface area (Å²) >= 11 is 0. The van der Waals surface area contributed by atoms with Crippen LogP contribution in [-0.2, 0) is 14.3 Å². The predicted octanol–water partition coefficient (Wildman–Crippen LogP) is 1.14. The number of ether oxygens (including phenoxy) is 2. The van der Waals surface area contributed by atoms with Gasteiger partial charge in [0.05, 0.1) is 13.7 Å². The zero-order chi connectivity index (χ0) is 8.20. The molecule has 0 amide bonds. The zero-order valence-electron chi connectivity index (χ0n) is 6.64. The molecule has 0 aliphatic rings. The van der Waals surface area contributed by atoms with E-state index in [0.29, 0.717) is 6.61 Å². The van der Waals surface area contributed by atoms with Crippen LogP contribution in [0.3, 0.4) is 0 Å². The van der Waals surface area contributed by atoms with Gasteiger partial charge in [0, 0.05) is 0 Å². The topological polar surface area (TPSA) is 35.5 Å². The summed E-state index contributed by atoms with van der Waals surface area (Å²) in [6.45, 7) is 5.33. The SMILES string of the molecule is [CH2]OC(C)(C)C(=O)OCC. The summed E-state index contributed by atoms with van der Waals surface area (Å²) in [5.41, 5.74) is -0.921. The third-order valence-corrected chi connectivity index (χ3v) is 1.13. The fourth-order valence-electron chi connectivity index (χ4n) is 0.364. The van der Waals surface area contributed by atoms with Gasteiger partial charge in [-0.25, -0.2) is 4.79 Å². The van der Waals surface area contributed by atoms with E-state index < -0.39 is 5.60 Å². The van der Waals surface area contributed by atoms with Crippen molar-refractivity contribution in [2.75, 3.05) is 6.61 Å². The lowest BCUT2D eigenvalue weighted by molar-refractivity contribution is -0.162. The number of carbonyl (C=O) groups excluding carboxylic acids is 1. The Labute approximate surface area is 61.3 Å². The molecule has 10 heavy (non-hydrogen) atoms. The first-order valence-electron chi connectivity index (χ1n) is 3.15. The van der Waals surface area contributed by atoms with E-state index in [4.69, 9.17) is 4.74 Å². The Morgan fingerprint density at radius 3 is 2.40 bits per heavy atom. The molecule has 0 saturated carbocycles. The molecule has 0 atom stereocenters. The number of esters is 1. The van der Waals surface area contributed by atoms with E-state index in [1.165, 1.54) is 0 Å². The molecule has 0 saturated heterocycles. The normalized spacial score (nSPS) is 11.2. The molecular weight excluding hydrogens is 132 g/mol. The average molecular weight is 145 g/mol. The summed E-state index contributed by atoms with van der Waals surface area (Å²) < 4.78 is 9.32. The number of hydrogen-bond donors (Lipinski definition) is 0. The standard InChI is InChI=1S/C7H13O3/c1-5-10-6(8)7(2,3)9-4/h4-5H2,1-3H3. The van der Waals surface area contributed by atoms with Crippen LogP contribution in [0.5, 0.6) is 0 Å². The van der Waals surface area contributed by atoms with Gasteiger partial charge in [-0.05, 0) is 20.8 Å². The molecule has 0 aliphatic carbocycles. The Bertz CT molecular complexity index is 118. The number of rotatable bonds is 3. The summed E-state index contributed by atoms with van der Waals surface area (Å²) in [7, 11) is 3.16. The Balaban J connectivity index is 3.91. The lowest BCUT2D eigenvalue weighted by Crippen LogP contribution is -2.34. The fraction of sp³-hybridized carbons (Fsp3) is 0.714. The maximum Gasteiger partial charge on any atom is 0.337 e. The molecule has 0 unspecified atom stereocenters. The minimum absolute atomic E-state index is 0.367. The van der Waals surface area contributed by atoms with Crippen molar-refractivity contribution in [1.29, 1.82) is 0 Å². The third-order valence-electron chi connectivity index (χ3n) is 1.13. The Hall–Kier alpha value is -0.570. The van der Waals surface area contributed by atoms with Crippen molar-refractivity contribution in [2.24, 2.45) is 0 Å². The van der Waals surface area contributed by atoms with Crippen LogP contribution in [0.2, 0.25) is 0 Å². The molecule has 0 aromatic carbocycles. The summed E-state index contributed by atoms with van der Waals surface area (Å²) in [6, 6.07) is 0. The summed E-state index contributed by atoms with van der Waals surface area (Å²) in [5.74, 6) is -0.384. The monoisotopic (exact) mass is 145 g/mol. The van der Waals surface area contributed by atoms with Gasteiger partial charge in [0.1, 0.15) is 0 Å². The fourth-order valence-corrected chi connectivity index (χ4v) is 0.364. The Morgan fingerprint density at radius 1 is 1.60 bits per heavy atom. The zero-order valence-corrected chi connectivity index (χ0v) is 6.64. The van der Waals surface area contributed by atoms with Crippen molar-refractivity contribution in [3.8, 4) is 0 Å². The highest BCUT2D eigenvalue weighted by molar-refractivity contribution is 5.78.